The minimum atomic E-state index is -3.03. The summed E-state index contributed by atoms with van der Waals surface area (Å²) in [6.45, 7) is 6.17. The van der Waals surface area contributed by atoms with Crippen LogP contribution in [0.5, 0.6) is 0 Å². The molecule has 2 aliphatic heterocycles. The van der Waals surface area contributed by atoms with Crippen LogP contribution in [0.3, 0.4) is 0 Å². The van der Waals surface area contributed by atoms with E-state index in [-0.39, 0.29) is 0 Å². The molecule has 0 radical (unpaired) electrons. The van der Waals surface area contributed by atoms with Crippen LogP contribution < -0.4 is 5.32 Å². The first kappa shape index (κ1) is 13.8. The molecule has 3 fully saturated rings. The molecule has 3 aliphatic rings. The summed E-state index contributed by atoms with van der Waals surface area (Å²) in [5, 5.41) is 3.29. The van der Waals surface area contributed by atoms with Gasteiger partial charge in [0.25, 0.3) is 0 Å². The zero-order valence-electron chi connectivity index (χ0n) is 11.6. The smallest absolute Gasteiger partial charge is 0.215 e. The minimum Gasteiger partial charge on any atom is -0.314 e. The average Bonchev–Trinajstić information content (AvgIpc) is 2.99. The molecule has 3 rings (SSSR count). The standard InChI is InChI=1S/C13H25N3O2S/c17-19(18,9-8-15-6-4-14-5-7-15)16-10-12-2-1-3-13(12)11-16/h12-14H,1-11H2. The molecule has 0 bridgehead atoms. The number of nitrogens with zero attached hydrogens (tertiary/aromatic N) is 2. The van der Waals surface area contributed by atoms with Crippen LogP contribution >= 0.6 is 0 Å². The lowest BCUT2D eigenvalue weighted by Crippen LogP contribution is -2.46. The molecule has 2 unspecified atom stereocenters. The fourth-order valence-electron chi connectivity index (χ4n) is 3.73. The Bertz CT molecular complexity index is 394. The maximum absolute atomic E-state index is 12.4. The molecule has 0 aromatic carbocycles. The average molecular weight is 287 g/mol. The Balaban J connectivity index is 1.51. The van der Waals surface area contributed by atoms with Crippen molar-refractivity contribution in [3.8, 4) is 0 Å². The highest BCUT2D eigenvalue weighted by molar-refractivity contribution is 7.89. The molecule has 1 aliphatic carbocycles. The molecule has 2 saturated heterocycles. The van der Waals surface area contributed by atoms with Crippen molar-refractivity contribution in [3.05, 3.63) is 0 Å². The number of hydrogen-bond donors (Lipinski definition) is 1. The third-order valence-corrected chi connectivity index (χ3v) is 6.74. The highest BCUT2D eigenvalue weighted by Crippen LogP contribution is 2.38. The maximum atomic E-state index is 12.4. The Kier molecular flexibility index (Phi) is 4.12. The third kappa shape index (κ3) is 3.12. The zero-order valence-corrected chi connectivity index (χ0v) is 12.4. The van der Waals surface area contributed by atoms with Gasteiger partial charge in [-0.15, -0.1) is 0 Å². The van der Waals surface area contributed by atoms with E-state index in [4.69, 9.17) is 0 Å². The number of rotatable bonds is 4. The van der Waals surface area contributed by atoms with Gasteiger partial charge in [-0.3, -0.25) is 4.90 Å². The van der Waals surface area contributed by atoms with Crippen molar-refractivity contribution in [2.75, 3.05) is 51.6 Å². The Hall–Kier alpha value is -0.170. The van der Waals surface area contributed by atoms with Gasteiger partial charge in [0, 0.05) is 45.8 Å². The number of sulfonamides is 1. The van der Waals surface area contributed by atoms with E-state index in [1.54, 1.807) is 4.31 Å². The summed E-state index contributed by atoms with van der Waals surface area (Å²) in [4.78, 5) is 2.25. The summed E-state index contributed by atoms with van der Waals surface area (Å²) in [6.07, 6.45) is 3.76. The number of fused-ring (bicyclic) bond motifs is 1. The van der Waals surface area contributed by atoms with Crippen molar-refractivity contribution in [2.24, 2.45) is 11.8 Å². The summed E-state index contributed by atoms with van der Waals surface area (Å²) in [7, 11) is -3.03. The maximum Gasteiger partial charge on any atom is 0.215 e. The van der Waals surface area contributed by atoms with Gasteiger partial charge in [0.2, 0.25) is 10.0 Å². The van der Waals surface area contributed by atoms with Crippen LogP contribution in [0.1, 0.15) is 19.3 Å². The van der Waals surface area contributed by atoms with E-state index < -0.39 is 10.0 Å². The van der Waals surface area contributed by atoms with Crippen LogP contribution in [-0.2, 0) is 10.0 Å². The van der Waals surface area contributed by atoms with Crippen LogP contribution in [0.2, 0.25) is 0 Å². The van der Waals surface area contributed by atoms with E-state index in [1.807, 2.05) is 0 Å². The predicted molar refractivity (Wildman–Crippen MR) is 75.5 cm³/mol. The van der Waals surface area contributed by atoms with Gasteiger partial charge in [-0.1, -0.05) is 6.42 Å². The first-order valence-corrected chi connectivity index (χ1v) is 9.17. The summed E-state index contributed by atoms with van der Waals surface area (Å²) in [5.74, 6) is 1.59. The molecule has 2 heterocycles. The van der Waals surface area contributed by atoms with Crippen LogP contribution in [0.4, 0.5) is 0 Å². The molecule has 1 saturated carbocycles. The van der Waals surface area contributed by atoms with Crippen molar-refractivity contribution in [1.82, 2.24) is 14.5 Å². The van der Waals surface area contributed by atoms with Crippen molar-refractivity contribution in [2.45, 2.75) is 19.3 Å². The first-order valence-electron chi connectivity index (χ1n) is 7.56. The molecule has 0 spiro atoms. The van der Waals surface area contributed by atoms with Crippen molar-refractivity contribution in [3.63, 3.8) is 0 Å². The van der Waals surface area contributed by atoms with E-state index in [2.05, 4.69) is 10.2 Å². The fraction of sp³-hybridized carbons (Fsp3) is 1.00. The predicted octanol–water partition coefficient (Wildman–Crippen LogP) is -0.0467. The highest BCUT2D eigenvalue weighted by Gasteiger charge is 2.40. The lowest BCUT2D eigenvalue weighted by Gasteiger charge is -2.27. The molecular weight excluding hydrogens is 262 g/mol. The monoisotopic (exact) mass is 287 g/mol. The van der Waals surface area contributed by atoms with Crippen LogP contribution in [-0.4, -0.2) is 69.2 Å². The van der Waals surface area contributed by atoms with Crippen LogP contribution in [0, 0.1) is 11.8 Å². The Labute approximate surface area is 116 Å². The van der Waals surface area contributed by atoms with Gasteiger partial charge in [-0.05, 0) is 24.7 Å². The minimum absolute atomic E-state index is 0.298. The number of hydrogen-bond acceptors (Lipinski definition) is 4. The fourth-order valence-corrected chi connectivity index (χ4v) is 5.31. The van der Waals surface area contributed by atoms with Crippen molar-refractivity contribution >= 4 is 10.0 Å². The lowest BCUT2D eigenvalue weighted by molar-refractivity contribution is 0.252. The van der Waals surface area contributed by atoms with Gasteiger partial charge in [0.05, 0.1) is 5.75 Å². The van der Waals surface area contributed by atoms with E-state index in [0.717, 1.165) is 39.3 Å². The van der Waals surface area contributed by atoms with Gasteiger partial charge in [0.15, 0.2) is 0 Å². The zero-order chi connectivity index (χ0) is 13.3. The molecule has 0 amide bonds. The second kappa shape index (κ2) is 5.68. The second-order valence-electron chi connectivity index (χ2n) is 6.18. The molecule has 5 nitrogen and oxygen atoms in total. The van der Waals surface area contributed by atoms with Gasteiger partial charge < -0.3 is 5.32 Å². The largest absolute Gasteiger partial charge is 0.314 e. The third-order valence-electron chi connectivity index (χ3n) is 4.96. The van der Waals surface area contributed by atoms with E-state index in [0.29, 0.717) is 24.1 Å². The summed E-state index contributed by atoms with van der Waals surface area (Å²) >= 11 is 0. The molecule has 6 heteroatoms. The molecule has 2 atom stereocenters. The molecule has 0 aromatic rings. The molecular formula is C13H25N3O2S. The number of piperazine rings is 1. The van der Waals surface area contributed by atoms with E-state index >= 15 is 0 Å². The second-order valence-corrected chi connectivity index (χ2v) is 8.26. The van der Waals surface area contributed by atoms with Crippen LogP contribution in [0.15, 0.2) is 0 Å². The Morgan fingerprint density at radius 1 is 1.05 bits per heavy atom. The number of nitrogens with one attached hydrogen (secondary N) is 1. The van der Waals surface area contributed by atoms with Crippen molar-refractivity contribution < 1.29 is 8.42 Å². The van der Waals surface area contributed by atoms with E-state index in [1.165, 1.54) is 19.3 Å². The summed E-state index contributed by atoms with van der Waals surface area (Å²) in [6, 6.07) is 0. The topological polar surface area (TPSA) is 52.7 Å². The van der Waals surface area contributed by atoms with Gasteiger partial charge in [0.1, 0.15) is 0 Å². The highest BCUT2D eigenvalue weighted by atomic mass is 32.2. The molecule has 110 valence electrons. The van der Waals surface area contributed by atoms with Gasteiger partial charge in [-0.25, -0.2) is 12.7 Å². The molecule has 19 heavy (non-hydrogen) atoms. The normalized spacial score (nSPS) is 33.7. The van der Waals surface area contributed by atoms with Gasteiger partial charge >= 0.3 is 0 Å². The molecule has 1 N–H and O–H groups in total. The lowest BCUT2D eigenvalue weighted by atomic mass is 10.0. The van der Waals surface area contributed by atoms with Crippen molar-refractivity contribution in [1.29, 1.82) is 0 Å². The first-order chi connectivity index (χ1) is 9.15. The summed E-state index contributed by atoms with van der Waals surface area (Å²) in [5.41, 5.74) is 0. The summed E-state index contributed by atoms with van der Waals surface area (Å²) < 4.78 is 26.5. The van der Waals surface area contributed by atoms with Crippen LogP contribution in [0.25, 0.3) is 0 Å². The SMILES string of the molecule is O=S(=O)(CCN1CCNCC1)N1CC2CCCC2C1. The quantitative estimate of drug-likeness (QED) is 0.788. The van der Waals surface area contributed by atoms with Gasteiger partial charge in [-0.2, -0.15) is 0 Å². The van der Waals surface area contributed by atoms with E-state index in [9.17, 15) is 8.42 Å². The Morgan fingerprint density at radius 3 is 2.32 bits per heavy atom. The molecule has 0 aromatic heterocycles. The Morgan fingerprint density at radius 2 is 1.68 bits per heavy atom.